The second kappa shape index (κ2) is 10.3. The van der Waals surface area contributed by atoms with Crippen LogP contribution >= 0.6 is 0 Å². The number of hydrogen-bond donors (Lipinski definition) is 8. The molecule has 3 unspecified atom stereocenters. The molecule has 0 radical (unpaired) electrons. The van der Waals surface area contributed by atoms with E-state index in [2.05, 4.69) is 7.32 Å². The van der Waals surface area contributed by atoms with Crippen molar-refractivity contribution in [2.75, 3.05) is 13.2 Å². The first-order valence-electron chi connectivity index (χ1n) is 8.32. The van der Waals surface area contributed by atoms with Gasteiger partial charge >= 0.3 is 184 Å². The molecule has 0 saturated carbocycles. The minimum absolute atomic E-state index is 1.09. The molecule has 8 N–H and O–H groups in total. The number of carboxylic acids is 2. The van der Waals surface area contributed by atoms with Gasteiger partial charge in [-0.15, -0.1) is 0 Å². The fourth-order valence-electron chi connectivity index (χ4n) is 2.61. The van der Waals surface area contributed by atoms with Crippen LogP contribution in [0.15, 0.2) is 0 Å². The number of aliphatic hydroxyl groups excluding tert-OH is 6. The maximum absolute atomic E-state index is 12.9. The summed E-state index contributed by atoms with van der Waals surface area (Å²) in [6.07, 6.45) is -17.1. The molecule has 19 heteroatoms. The average molecular weight is 680 g/mol. The van der Waals surface area contributed by atoms with Crippen molar-refractivity contribution in [2.24, 2.45) is 0 Å². The topological polar surface area (TPSA) is 276 Å². The van der Waals surface area contributed by atoms with Gasteiger partial charge in [0.15, 0.2) is 0 Å². The van der Waals surface area contributed by atoms with Crippen LogP contribution in [0, 0.1) is 0 Å². The summed E-state index contributed by atoms with van der Waals surface area (Å²) < 4.78 is 49.3. The van der Waals surface area contributed by atoms with E-state index in [1.807, 2.05) is 0 Å². The predicted octanol–water partition coefficient (Wildman–Crippen LogP) is -6.10. The van der Waals surface area contributed by atoms with Crippen LogP contribution in [0.2, 0.25) is 0 Å². The average Bonchev–Trinajstić information content (AvgIpc) is 2.69. The number of rotatable bonds is 8. The van der Waals surface area contributed by atoms with Crippen LogP contribution < -0.4 is 0 Å². The molecule has 0 amide bonds. The van der Waals surface area contributed by atoms with Crippen LogP contribution in [0.1, 0.15) is 0 Å². The van der Waals surface area contributed by atoms with Crippen LogP contribution in [-0.4, -0.2) is 155 Å². The Labute approximate surface area is 183 Å². The zero-order chi connectivity index (χ0) is 23.7. The summed E-state index contributed by atoms with van der Waals surface area (Å²) in [5, 5.41) is 75.6. The zero-order valence-electron chi connectivity index (χ0n) is 15.2. The third kappa shape index (κ3) is 6.00. The molecule has 17 nitrogen and oxygen atoms in total. The molecule has 2 fully saturated rings. The first-order valence-corrected chi connectivity index (χ1v) is 16.7. The normalized spacial score (nSPS) is 43.2. The van der Waals surface area contributed by atoms with Crippen molar-refractivity contribution < 1.29 is 69.8 Å². The van der Waals surface area contributed by atoms with Crippen molar-refractivity contribution >= 4 is 52.0 Å². The number of aliphatic carboxylic acids is 2. The second-order valence-electron chi connectivity index (χ2n) is 6.33. The van der Waals surface area contributed by atoms with Gasteiger partial charge in [-0.2, -0.15) is 0 Å². The molecule has 0 spiro atoms. The van der Waals surface area contributed by atoms with Crippen molar-refractivity contribution in [3.05, 3.63) is 0 Å². The van der Waals surface area contributed by atoms with Gasteiger partial charge in [-0.1, -0.05) is 0 Å². The third-order valence-corrected chi connectivity index (χ3v) is 18.5. The van der Waals surface area contributed by atoms with Gasteiger partial charge in [0.05, 0.1) is 0 Å². The van der Waals surface area contributed by atoms with E-state index in [0.29, 0.717) is 0 Å². The first kappa shape index (κ1) is 27.0. The van der Waals surface area contributed by atoms with Crippen LogP contribution in [0.4, 0.5) is 0 Å². The number of carboxylic acid groups (broad SMARTS) is 2. The van der Waals surface area contributed by atoms with Gasteiger partial charge in [-0.05, 0) is 0 Å². The number of hydrogen-bond acceptors (Lipinski definition) is 15. The van der Waals surface area contributed by atoms with Crippen molar-refractivity contribution in [3.8, 4) is 0 Å². The summed E-state index contributed by atoms with van der Waals surface area (Å²) in [6.45, 7) is -2.19. The Balaban J connectivity index is 2.38. The molecule has 2 heterocycles. The molecule has 180 valence electrons. The molecular formula is C12H20O17Sb2. The van der Waals surface area contributed by atoms with Gasteiger partial charge in [-0.25, -0.2) is 0 Å². The van der Waals surface area contributed by atoms with Gasteiger partial charge in [0, 0.05) is 0 Å². The minimum atomic E-state index is -6.51. The monoisotopic (exact) mass is 678 g/mol. The molecule has 31 heavy (non-hydrogen) atoms. The van der Waals surface area contributed by atoms with Crippen LogP contribution in [-0.2, 0) is 29.0 Å². The summed E-state index contributed by atoms with van der Waals surface area (Å²) in [5.41, 5.74) is 0. The quantitative estimate of drug-likeness (QED) is 0.111. The van der Waals surface area contributed by atoms with E-state index in [4.69, 9.17) is 26.5 Å². The molecule has 0 aliphatic carbocycles. The van der Waals surface area contributed by atoms with Crippen molar-refractivity contribution in [3.63, 3.8) is 0 Å². The Morgan fingerprint density at radius 2 is 1.10 bits per heavy atom. The maximum atomic E-state index is 12.9. The van der Waals surface area contributed by atoms with Crippen molar-refractivity contribution in [2.45, 2.75) is 48.8 Å². The zero-order valence-corrected chi connectivity index (χ0v) is 20.3. The van der Waals surface area contributed by atoms with Crippen LogP contribution in [0.3, 0.4) is 0 Å². The van der Waals surface area contributed by atoms with Gasteiger partial charge in [0.25, 0.3) is 0 Å². The Morgan fingerprint density at radius 1 is 0.774 bits per heavy atom. The van der Waals surface area contributed by atoms with Crippen molar-refractivity contribution in [1.82, 2.24) is 0 Å². The Bertz CT molecular complexity index is 710. The molecule has 0 aromatic rings. The first-order chi connectivity index (χ1) is 14.3. The third-order valence-electron chi connectivity index (χ3n) is 4.10. The van der Waals surface area contributed by atoms with Crippen molar-refractivity contribution in [1.29, 1.82) is 0 Å². The molecule has 0 aromatic carbocycles. The van der Waals surface area contributed by atoms with E-state index in [1.165, 1.54) is 0 Å². The van der Waals surface area contributed by atoms with E-state index in [9.17, 15) is 36.1 Å². The van der Waals surface area contributed by atoms with E-state index in [-0.39, 0.29) is 0 Å². The van der Waals surface area contributed by atoms with E-state index in [1.54, 1.807) is 0 Å². The summed E-state index contributed by atoms with van der Waals surface area (Å²) >= 11 is -13.0. The molecule has 0 bridgehead atoms. The molecule has 2 saturated heterocycles. The Kier molecular flexibility index (Phi) is 9.00. The van der Waals surface area contributed by atoms with Gasteiger partial charge < -0.3 is 0 Å². The molecule has 2 rings (SSSR count). The molecule has 2 aliphatic rings. The fourth-order valence-corrected chi connectivity index (χ4v) is 17.7. The van der Waals surface area contributed by atoms with Crippen LogP contribution in [0.25, 0.3) is 0 Å². The van der Waals surface area contributed by atoms with E-state index < -0.39 is 114 Å². The summed E-state index contributed by atoms with van der Waals surface area (Å²) in [4.78, 5) is 22.6. The SMILES string of the molecule is O=C(O)[C@@H]1[O][Sb](=[O])([O][Sb]2(=[O])[O]C([C@H](O)CO)[C@H](O)[C@H](C(=O)O)[O]2)[O][C@H]([C@H](O)CO)[C@@H]1O. The Hall–Kier alpha value is -0.264. The summed E-state index contributed by atoms with van der Waals surface area (Å²) in [6, 6.07) is 0. The van der Waals surface area contributed by atoms with E-state index in [0.717, 1.165) is 0 Å². The number of carbonyl (C=O) groups is 2. The van der Waals surface area contributed by atoms with Crippen LogP contribution in [0.5, 0.6) is 0 Å². The summed E-state index contributed by atoms with van der Waals surface area (Å²) in [7, 11) is 0. The molecule has 0 aromatic heterocycles. The standard InChI is InChI=1S/2C6H10O7.3O.2Sb/c2*7-1-2(8)3(9)4(10)5(11)6(12)13;;;;;/h2*2-5,7-8,10H,1H2,(H,12,13);;;;;/q2*-2;;;;2*+2/t2-,3?,4+,5-;2-,3-,4+,5-;;;;;/m11...../s1. The fraction of sp³-hybridized carbons (Fsp3) is 0.833. The van der Waals surface area contributed by atoms with Gasteiger partial charge in [0.1, 0.15) is 0 Å². The van der Waals surface area contributed by atoms with Gasteiger partial charge in [0.2, 0.25) is 0 Å². The second-order valence-corrected chi connectivity index (χ2v) is 17.4. The molecule has 10 atom stereocenters. The number of aliphatic hydroxyl groups is 6. The molecule has 2 aliphatic heterocycles. The van der Waals surface area contributed by atoms with E-state index >= 15 is 0 Å². The predicted molar refractivity (Wildman–Crippen MR) is 86.9 cm³/mol. The summed E-state index contributed by atoms with van der Waals surface area (Å²) in [5.74, 6) is -3.81. The molecular weight excluding hydrogens is 660 g/mol. The Morgan fingerprint density at radius 3 is 1.35 bits per heavy atom. The van der Waals surface area contributed by atoms with Gasteiger partial charge in [-0.3, -0.25) is 0 Å².